The van der Waals surface area contributed by atoms with Crippen molar-refractivity contribution in [2.75, 3.05) is 14.2 Å². The Balaban J connectivity index is 0.00000504. The van der Waals surface area contributed by atoms with Crippen LogP contribution in [0.5, 0.6) is 11.5 Å². The van der Waals surface area contributed by atoms with Gasteiger partial charge in [-0.1, -0.05) is 30.3 Å². The van der Waals surface area contributed by atoms with Gasteiger partial charge in [0, 0.05) is 23.6 Å². The third-order valence-corrected chi connectivity index (χ3v) is 10.7. The Morgan fingerprint density at radius 2 is 0.778 bits per heavy atom. The van der Waals surface area contributed by atoms with Gasteiger partial charge in [0.2, 0.25) is 0 Å². The number of benzene rings is 5. The van der Waals surface area contributed by atoms with Gasteiger partial charge in [-0.25, -0.2) is 36.3 Å². The van der Waals surface area contributed by atoms with Gasteiger partial charge in [-0.05, 0) is 135 Å². The second-order valence-corrected chi connectivity index (χ2v) is 14.6. The van der Waals surface area contributed by atoms with Gasteiger partial charge in [0.25, 0.3) is 0 Å². The van der Waals surface area contributed by atoms with E-state index in [9.17, 15) is 8.78 Å². The number of fused-ring (bicyclic) bond motifs is 9. The van der Waals surface area contributed by atoms with Gasteiger partial charge in [0.15, 0.2) is 0 Å². The molecule has 5 aromatic carbocycles. The predicted octanol–water partition coefficient (Wildman–Crippen LogP) is 12.6. The Hall–Kier alpha value is -7.37. The smallest absolute Gasteiger partial charge is 0.657 e. The molecule has 312 valence electrons. The van der Waals surface area contributed by atoms with Crippen molar-refractivity contribution in [1.82, 2.24) is 19.9 Å². The SMILES string of the molecule is COc1ccc2c(OC)ccc(-c3c4nc(c(-c5cc(F)cc(F)c5)c5ccc([n-]5)c(-c5cc(F)cc(F)c5)c5nc(c(-c6cc(F)cc(F)c6)c6ccc3[n-]6)C=C5)C=C4)c2c1.[Ni+2]. The van der Waals surface area contributed by atoms with E-state index in [1.54, 1.807) is 62.8 Å². The number of ether oxygens (including phenoxy) is 2. The van der Waals surface area contributed by atoms with E-state index in [0.717, 1.165) is 41.1 Å². The monoisotopic (exact) mass is 888 g/mol. The molecular weight excluding hydrogens is 861 g/mol. The van der Waals surface area contributed by atoms with Gasteiger partial charge >= 0.3 is 16.5 Å². The van der Waals surface area contributed by atoms with Crippen LogP contribution in [0.25, 0.3) is 102 Å². The molecule has 0 aliphatic carbocycles. The van der Waals surface area contributed by atoms with Crippen LogP contribution in [0.1, 0.15) is 22.8 Å². The fourth-order valence-corrected chi connectivity index (χ4v) is 8.17. The van der Waals surface area contributed by atoms with Crippen LogP contribution in [0.3, 0.4) is 0 Å². The Morgan fingerprint density at radius 1 is 0.397 bits per heavy atom. The van der Waals surface area contributed by atoms with Crippen LogP contribution in [-0.2, 0) is 16.5 Å². The van der Waals surface area contributed by atoms with Crippen LogP contribution in [0.2, 0.25) is 0 Å². The van der Waals surface area contributed by atoms with Crippen molar-refractivity contribution >= 4 is 57.1 Å². The number of hydrogen-bond acceptors (Lipinski definition) is 4. The van der Waals surface area contributed by atoms with Gasteiger partial charge in [0.05, 0.1) is 37.0 Å². The summed E-state index contributed by atoms with van der Waals surface area (Å²) in [4.78, 5) is 20.0. The molecule has 2 aliphatic rings. The predicted molar refractivity (Wildman–Crippen MR) is 229 cm³/mol. The minimum Gasteiger partial charge on any atom is -0.657 e. The summed E-state index contributed by atoms with van der Waals surface area (Å²) in [6.45, 7) is 0. The second kappa shape index (κ2) is 16.2. The molecule has 0 atom stereocenters. The van der Waals surface area contributed by atoms with E-state index in [1.807, 2.05) is 30.3 Å². The molecule has 63 heavy (non-hydrogen) atoms. The Kier molecular flexibility index (Phi) is 10.5. The van der Waals surface area contributed by atoms with Crippen LogP contribution < -0.4 is 19.4 Å². The molecule has 0 saturated heterocycles. The number of halogens is 6. The Labute approximate surface area is 365 Å². The zero-order chi connectivity index (χ0) is 42.8. The minimum atomic E-state index is -0.861. The van der Waals surface area contributed by atoms with Crippen LogP contribution in [0.15, 0.2) is 109 Å². The third-order valence-electron chi connectivity index (χ3n) is 10.7. The van der Waals surface area contributed by atoms with E-state index in [0.29, 0.717) is 33.8 Å². The number of nitrogens with zero attached hydrogens (tertiary/aromatic N) is 4. The molecule has 6 nitrogen and oxygen atoms in total. The molecule has 13 heteroatoms. The summed E-state index contributed by atoms with van der Waals surface area (Å²) in [5, 5.41) is 1.47. The van der Waals surface area contributed by atoms with Crippen LogP contribution in [0.4, 0.5) is 26.3 Å². The molecule has 0 amide bonds. The third kappa shape index (κ3) is 7.44. The first-order chi connectivity index (χ1) is 30.0. The summed E-state index contributed by atoms with van der Waals surface area (Å²) in [6, 6.07) is 25.1. The van der Waals surface area contributed by atoms with Crippen molar-refractivity contribution in [3.8, 4) is 56.0 Å². The maximum atomic E-state index is 15.0. The topological polar surface area (TPSA) is 72.4 Å². The van der Waals surface area contributed by atoms with Crippen molar-refractivity contribution in [2.24, 2.45) is 0 Å². The van der Waals surface area contributed by atoms with E-state index < -0.39 is 34.9 Å². The van der Waals surface area contributed by atoms with Crippen molar-refractivity contribution in [2.45, 2.75) is 0 Å². The average Bonchev–Trinajstić information content (AvgIpc) is 4.08. The number of methoxy groups -OCH3 is 2. The molecular formula is C50H28F6N4NiO2. The quantitative estimate of drug-likeness (QED) is 0.122. The molecule has 5 heterocycles. The summed E-state index contributed by atoms with van der Waals surface area (Å²) in [7, 11) is 3.12. The summed E-state index contributed by atoms with van der Waals surface area (Å²) in [6.07, 6.45) is 6.66. The van der Waals surface area contributed by atoms with E-state index in [4.69, 9.17) is 29.4 Å². The largest absolute Gasteiger partial charge is 2.00 e. The maximum absolute atomic E-state index is 15.0. The first-order valence-corrected chi connectivity index (χ1v) is 19.1. The Bertz CT molecular complexity index is 3320. The molecule has 8 aromatic rings. The summed E-state index contributed by atoms with van der Waals surface area (Å²) < 4.78 is 101. The van der Waals surface area contributed by atoms with Crippen LogP contribution in [0, 0.1) is 34.9 Å². The average molecular weight is 889 g/mol. The summed E-state index contributed by atoms with van der Waals surface area (Å²) in [5.74, 6) is -3.90. The molecule has 2 aliphatic heterocycles. The first kappa shape index (κ1) is 41.0. The van der Waals surface area contributed by atoms with Gasteiger partial charge in [-0.15, -0.1) is 22.1 Å². The van der Waals surface area contributed by atoms with E-state index in [-0.39, 0.29) is 83.5 Å². The van der Waals surface area contributed by atoms with Crippen LogP contribution in [-0.4, -0.2) is 24.2 Å². The van der Waals surface area contributed by atoms with Gasteiger partial charge in [0.1, 0.15) is 46.4 Å². The maximum Gasteiger partial charge on any atom is 2.00 e. The summed E-state index contributed by atoms with van der Waals surface area (Å²) >= 11 is 0. The number of rotatable bonds is 6. The molecule has 0 saturated carbocycles. The fourth-order valence-electron chi connectivity index (χ4n) is 8.17. The van der Waals surface area contributed by atoms with Crippen molar-refractivity contribution < 1.29 is 52.3 Å². The summed E-state index contributed by atoms with van der Waals surface area (Å²) in [5.41, 5.74) is 4.52. The standard InChI is InChI=1S/C50H28F6N4O2.Ni/c1-61-34-3-4-35-37(24-34)36(5-14-46(35)62-2)50-44-12-10-42(59-44)48(26-17-30(53)22-31(54)18-26)40-8-6-38(57-40)47(25-15-28(51)21-29(52)16-25)39-7-9-41(58-39)49(43-11-13-45(50)60-43)27-19-32(55)23-33(56)20-27;/h3-24H,1-2H3;/q-2;+2. The zero-order valence-corrected chi connectivity index (χ0v) is 33.9. The van der Waals surface area contributed by atoms with E-state index in [1.165, 1.54) is 24.3 Å². The molecule has 0 spiro atoms. The van der Waals surface area contributed by atoms with Gasteiger partial charge in [-0.2, -0.15) is 0 Å². The molecule has 8 bridgehead atoms. The van der Waals surface area contributed by atoms with Gasteiger partial charge in [-0.3, -0.25) is 0 Å². The number of hydrogen-bond donors (Lipinski definition) is 0. The van der Waals surface area contributed by atoms with Crippen molar-refractivity contribution in [3.63, 3.8) is 0 Å². The molecule has 0 unspecified atom stereocenters. The molecule has 10 rings (SSSR count). The molecule has 0 N–H and O–H groups in total. The minimum absolute atomic E-state index is 0. The zero-order valence-electron chi connectivity index (χ0n) is 32.9. The molecule has 0 radical (unpaired) electrons. The van der Waals surface area contributed by atoms with Crippen molar-refractivity contribution in [1.29, 1.82) is 0 Å². The number of aromatic nitrogens is 4. The fraction of sp³-hybridized carbons (Fsp3) is 0.0400. The normalized spacial score (nSPS) is 11.9. The van der Waals surface area contributed by atoms with Gasteiger partial charge < -0.3 is 19.4 Å². The van der Waals surface area contributed by atoms with E-state index >= 15 is 17.6 Å². The Morgan fingerprint density at radius 3 is 1.16 bits per heavy atom. The van der Waals surface area contributed by atoms with E-state index in [2.05, 4.69) is 0 Å². The van der Waals surface area contributed by atoms with Crippen molar-refractivity contribution in [3.05, 3.63) is 167 Å². The second-order valence-electron chi connectivity index (χ2n) is 14.6. The van der Waals surface area contributed by atoms with Crippen LogP contribution >= 0.6 is 0 Å². The molecule has 3 aromatic heterocycles. The first-order valence-electron chi connectivity index (χ1n) is 19.1. The molecule has 0 fully saturated rings.